The molecule has 1 N–H and O–H groups in total. The van der Waals surface area contributed by atoms with Crippen LogP contribution in [0.5, 0.6) is 0 Å². The van der Waals surface area contributed by atoms with E-state index in [0.717, 1.165) is 44.8 Å². The fourth-order valence-electron chi connectivity index (χ4n) is 2.94. The highest BCUT2D eigenvalue weighted by molar-refractivity contribution is 6.34. The first-order valence-electron chi connectivity index (χ1n) is 7.67. The zero-order chi connectivity index (χ0) is 15.5. The van der Waals surface area contributed by atoms with Crippen molar-refractivity contribution in [1.29, 1.82) is 0 Å². The number of carbonyl (C=O) groups excluding carboxylic acids is 1. The van der Waals surface area contributed by atoms with Crippen molar-refractivity contribution in [1.82, 2.24) is 10.2 Å². The monoisotopic (exact) mass is 342 g/mol. The van der Waals surface area contributed by atoms with Crippen molar-refractivity contribution in [2.75, 3.05) is 39.4 Å². The molecule has 0 aromatic heterocycles. The Morgan fingerprint density at radius 1 is 1.23 bits per heavy atom. The average Bonchev–Trinajstić information content (AvgIpc) is 3.28. The summed E-state index contributed by atoms with van der Waals surface area (Å²) in [5.41, 5.74) is 1.06. The largest absolute Gasteiger partial charge is 0.379 e. The lowest BCUT2D eigenvalue weighted by atomic mass is 10.1. The normalized spacial score (nSPS) is 25.0. The number of nitrogens with zero attached hydrogens (tertiary/aromatic N) is 1. The van der Waals surface area contributed by atoms with Crippen LogP contribution < -0.4 is 5.32 Å². The standard InChI is InChI=1S/C16H20Cl2N2O2/c17-12-7-11(8-13(18)9-12)14-10-15(14)16(21)19-1-2-20-3-5-22-6-4-20/h7-9,14-15H,1-6,10H2,(H,19,21). The number of hydrogen-bond donors (Lipinski definition) is 1. The van der Waals surface area contributed by atoms with E-state index in [0.29, 0.717) is 16.6 Å². The van der Waals surface area contributed by atoms with Gasteiger partial charge in [-0.1, -0.05) is 23.2 Å². The molecule has 2 fully saturated rings. The van der Waals surface area contributed by atoms with Crippen molar-refractivity contribution in [3.63, 3.8) is 0 Å². The molecule has 1 heterocycles. The van der Waals surface area contributed by atoms with E-state index in [1.54, 1.807) is 6.07 Å². The number of nitrogens with one attached hydrogen (secondary N) is 1. The van der Waals surface area contributed by atoms with Crippen LogP contribution >= 0.6 is 23.2 Å². The minimum atomic E-state index is 0.0548. The van der Waals surface area contributed by atoms with Gasteiger partial charge in [-0.05, 0) is 36.1 Å². The van der Waals surface area contributed by atoms with Crippen molar-refractivity contribution in [2.24, 2.45) is 5.92 Å². The molecule has 0 spiro atoms. The Kier molecular flexibility index (Phi) is 5.24. The van der Waals surface area contributed by atoms with Crippen molar-refractivity contribution >= 4 is 29.1 Å². The van der Waals surface area contributed by atoms with Crippen molar-refractivity contribution < 1.29 is 9.53 Å². The summed E-state index contributed by atoms with van der Waals surface area (Å²) in [6.07, 6.45) is 0.875. The van der Waals surface area contributed by atoms with E-state index < -0.39 is 0 Å². The Hall–Kier alpha value is -0.810. The van der Waals surface area contributed by atoms with Crippen LogP contribution in [0.4, 0.5) is 0 Å². The predicted octanol–water partition coefficient (Wildman–Crippen LogP) is 2.55. The molecule has 2 atom stereocenters. The molecule has 120 valence electrons. The molecular formula is C16H20Cl2N2O2. The lowest BCUT2D eigenvalue weighted by Gasteiger charge is -2.26. The van der Waals surface area contributed by atoms with E-state index >= 15 is 0 Å². The summed E-state index contributed by atoms with van der Waals surface area (Å²) in [5, 5.41) is 4.29. The van der Waals surface area contributed by atoms with E-state index in [4.69, 9.17) is 27.9 Å². The summed E-state index contributed by atoms with van der Waals surface area (Å²) in [6, 6.07) is 5.52. The van der Waals surface area contributed by atoms with Gasteiger partial charge in [0.05, 0.1) is 13.2 Å². The number of hydrogen-bond acceptors (Lipinski definition) is 3. The van der Waals surface area contributed by atoms with Gasteiger partial charge < -0.3 is 10.1 Å². The van der Waals surface area contributed by atoms with Gasteiger partial charge in [0.25, 0.3) is 0 Å². The van der Waals surface area contributed by atoms with Crippen molar-refractivity contribution in [2.45, 2.75) is 12.3 Å². The predicted molar refractivity (Wildman–Crippen MR) is 87.6 cm³/mol. The molecule has 1 saturated carbocycles. The van der Waals surface area contributed by atoms with Gasteiger partial charge in [-0.25, -0.2) is 0 Å². The number of morpholine rings is 1. The maximum Gasteiger partial charge on any atom is 0.223 e. The van der Waals surface area contributed by atoms with E-state index in [1.807, 2.05) is 12.1 Å². The summed E-state index contributed by atoms with van der Waals surface area (Å²) in [4.78, 5) is 14.5. The lowest BCUT2D eigenvalue weighted by molar-refractivity contribution is -0.122. The molecule has 22 heavy (non-hydrogen) atoms. The summed E-state index contributed by atoms with van der Waals surface area (Å²) < 4.78 is 5.31. The minimum Gasteiger partial charge on any atom is -0.379 e. The van der Waals surface area contributed by atoms with Gasteiger partial charge in [-0.3, -0.25) is 9.69 Å². The zero-order valence-electron chi connectivity index (χ0n) is 12.4. The Morgan fingerprint density at radius 3 is 2.59 bits per heavy atom. The highest BCUT2D eigenvalue weighted by atomic mass is 35.5. The number of carbonyl (C=O) groups is 1. The maximum atomic E-state index is 12.2. The summed E-state index contributed by atoms with van der Waals surface area (Å²) in [5.74, 6) is 0.438. The molecule has 6 heteroatoms. The summed E-state index contributed by atoms with van der Waals surface area (Å²) >= 11 is 12.0. The second-order valence-corrected chi connectivity index (χ2v) is 6.77. The van der Waals surface area contributed by atoms with E-state index in [2.05, 4.69) is 10.2 Å². The first-order chi connectivity index (χ1) is 10.6. The van der Waals surface area contributed by atoms with Crippen LogP contribution in [0, 0.1) is 5.92 Å². The molecule has 1 aliphatic carbocycles. The molecular weight excluding hydrogens is 323 g/mol. The first-order valence-corrected chi connectivity index (χ1v) is 8.43. The van der Waals surface area contributed by atoms with E-state index in [1.165, 1.54) is 0 Å². The molecule has 1 amide bonds. The topological polar surface area (TPSA) is 41.6 Å². The van der Waals surface area contributed by atoms with Gasteiger partial charge >= 0.3 is 0 Å². The zero-order valence-corrected chi connectivity index (χ0v) is 13.9. The first kappa shape index (κ1) is 16.1. The number of rotatable bonds is 5. The Labute approximate surface area is 140 Å². The van der Waals surface area contributed by atoms with Gasteiger partial charge in [0.15, 0.2) is 0 Å². The quantitative estimate of drug-likeness (QED) is 0.893. The molecule has 2 unspecified atom stereocenters. The number of amides is 1. The van der Waals surface area contributed by atoms with Crippen molar-refractivity contribution in [3.05, 3.63) is 33.8 Å². The molecule has 0 radical (unpaired) electrons. The van der Waals surface area contributed by atoms with Crippen molar-refractivity contribution in [3.8, 4) is 0 Å². The van der Waals surface area contributed by atoms with Crippen LogP contribution in [0.2, 0.25) is 10.0 Å². The minimum absolute atomic E-state index is 0.0548. The molecule has 1 aliphatic heterocycles. The fraction of sp³-hybridized carbons (Fsp3) is 0.562. The van der Waals surface area contributed by atoms with Crippen LogP contribution in [-0.4, -0.2) is 50.2 Å². The maximum absolute atomic E-state index is 12.2. The Bertz CT molecular complexity index is 527. The van der Waals surface area contributed by atoms with Gasteiger partial charge in [0.2, 0.25) is 5.91 Å². The number of halogens is 2. The SMILES string of the molecule is O=C(NCCN1CCOCC1)C1CC1c1cc(Cl)cc(Cl)c1. The van der Waals surface area contributed by atoms with Crippen LogP contribution in [0.3, 0.4) is 0 Å². The lowest BCUT2D eigenvalue weighted by Crippen LogP contribution is -2.41. The molecule has 1 aromatic rings. The van der Waals surface area contributed by atoms with Gasteiger partial charge in [-0.15, -0.1) is 0 Å². The second-order valence-electron chi connectivity index (χ2n) is 5.90. The molecule has 0 bridgehead atoms. The van der Waals surface area contributed by atoms with Gasteiger partial charge in [0.1, 0.15) is 0 Å². The highest BCUT2D eigenvalue weighted by Crippen LogP contribution is 2.48. The summed E-state index contributed by atoms with van der Waals surface area (Å²) in [7, 11) is 0. The Balaban J connectivity index is 1.44. The van der Waals surface area contributed by atoms with Crippen LogP contribution in [0.1, 0.15) is 17.9 Å². The van der Waals surface area contributed by atoms with Crippen LogP contribution in [-0.2, 0) is 9.53 Å². The number of ether oxygens (including phenoxy) is 1. The average molecular weight is 343 g/mol. The third-order valence-electron chi connectivity index (χ3n) is 4.27. The number of benzene rings is 1. The van der Waals surface area contributed by atoms with Gasteiger partial charge in [-0.2, -0.15) is 0 Å². The van der Waals surface area contributed by atoms with Gasteiger partial charge in [0, 0.05) is 42.1 Å². The fourth-order valence-corrected chi connectivity index (χ4v) is 3.48. The van der Waals surface area contributed by atoms with Crippen LogP contribution in [0.15, 0.2) is 18.2 Å². The molecule has 3 rings (SSSR count). The summed E-state index contributed by atoms with van der Waals surface area (Å²) in [6.45, 7) is 5.04. The molecule has 4 nitrogen and oxygen atoms in total. The van der Waals surface area contributed by atoms with E-state index in [-0.39, 0.29) is 17.7 Å². The smallest absolute Gasteiger partial charge is 0.223 e. The van der Waals surface area contributed by atoms with Crippen LogP contribution in [0.25, 0.3) is 0 Å². The van der Waals surface area contributed by atoms with E-state index in [9.17, 15) is 4.79 Å². The highest BCUT2D eigenvalue weighted by Gasteiger charge is 2.43. The Morgan fingerprint density at radius 2 is 1.91 bits per heavy atom. The molecule has 1 saturated heterocycles. The molecule has 1 aromatic carbocycles. The molecule has 2 aliphatic rings. The third-order valence-corrected chi connectivity index (χ3v) is 4.71. The third kappa shape index (κ3) is 4.13. The second kappa shape index (κ2) is 7.18.